The Labute approximate surface area is 134 Å². The van der Waals surface area contributed by atoms with Gasteiger partial charge in [0, 0.05) is 25.2 Å². The number of nitrogens with one attached hydrogen (secondary N) is 2. The molecule has 1 aliphatic rings. The number of carbonyl (C=O) groups excluding carboxylic acids is 2. The number of likely N-dealkylation sites (tertiary alicyclic amines) is 1. The summed E-state index contributed by atoms with van der Waals surface area (Å²) < 4.78 is 13.1. The zero-order valence-corrected chi connectivity index (χ0v) is 12.9. The van der Waals surface area contributed by atoms with Crippen LogP contribution in [0.2, 0.25) is 0 Å². The number of amides is 3. The van der Waals surface area contributed by atoms with Gasteiger partial charge in [-0.2, -0.15) is 0 Å². The first-order valence-corrected chi connectivity index (χ1v) is 7.83. The van der Waals surface area contributed by atoms with Crippen LogP contribution in [0.3, 0.4) is 0 Å². The number of nitrogens with zero attached hydrogens (tertiary/aromatic N) is 1. The minimum atomic E-state index is -0.381. The van der Waals surface area contributed by atoms with Gasteiger partial charge in [-0.25, -0.2) is 14.7 Å². The van der Waals surface area contributed by atoms with Gasteiger partial charge < -0.3 is 10.2 Å². The minimum Gasteiger partial charge on any atom is -0.325 e. The van der Waals surface area contributed by atoms with Gasteiger partial charge in [-0.15, -0.1) is 0 Å². The molecule has 0 atom stereocenters. The van der Waals surface area contributed by atoms with Gasteiger partial charge in [0.1, 0.15) is 5.82 Å². The molecule has 7 heteroatoms. The number of halogens is 1. The predicted molar refractivity (Wildman–Crippen MR) is 83.5 cm³/mol. The molecule has 3 amide bonds. The van der Waals surface area contributed by atoms with E-state index in [4.69, 9.17) is 5.21 Å². The van der Waals surface area contributed by atoms with E-state index in [1.165, 1.54) is 12.1 Å². The lowest BCUT2D eigenvalue weighted by atomic mass is 9.91. The maximum Gasteiger partial charge on any atom is 0.321 e. The summed E-state index contributed by atoms with van der Waals surface area (Å²) in [5.41, 5.74) is 2.08. The lowest BCUT2D eigenvalue weighted by Gasteiger charge is -2.32. The number of hydroxylamine groups is 1. The van der Waals surface area contributed by atoms with Crippen LogP contribution in [0, 0.1) is 11.7 Å². The van der Waals surface area contributed by atoms with Crippen molar-refractivity contribution in [3.63, 3.8) is 0 Å². The van der Waals surface area contributed by atoms with Crippen LogP contribution in [0.25, 0.3) is 0 Å². The first-order chi connectivity index (χ1) is 11.1. The van der Waals surface area contributed by atoms with Crippen molar-refractivity contribution >= 4 is 17.6 Å². The van der Waals surface area contributed by atoms with Crippen LogP contribution in [-0.2, 0) is 4.79 Å². The molecule has 23 heavy (non-hydrogen) atoms. The average Bonchev–Trinajstić information content (AvgIpc) is 2.55. The second kappa shape index (κ2) is 8.47. The Morgan fingerprint density at radius 3 is 2.70 bits per heavy atom. The van der Waals surface area contributed by atoms with Gasteiger partial charge in [-0.1, -0.05) is 6.07 Å². The Balaban J connectivity index is 1.71. The van der Waals surface area contributed by atoms with Gasteiger partial charge in [0.05, 0.1) is 0 Å². The highest BCUT2D eigenvalue weighted by Gasteiger charge is 2.22. The summed E-state index contributed by atoms with van der Waals surface area (Å²) in [6.07, 6.45) is 3.73. The molecule has 0 unspecified atom stereocenters. The Bertz CT molecular complexity index is 545. The Kier molecular flexibility index (Phi) is 6.34. The molecule has 3 N–H and O–H groups in total. The van der Waals surface area contributed by atoms with Gasteiger partial charge in [-0.05, 0) is 49.8 Å². The molecule has 1 fully saturated rings. The number of hydrogen-bond donors (Lipinski definition) is 3. The number of urea groups is 1. The van der Waals surface area contributed by atoms with Crippen LogP contribution in [0.15, 0.2) is 24.3 Å². The molecular weight excluding hydrogens is 301 g/mol. The number of benzene rings is 1. The molecule has 1 aliphatic heterocycles. The SMILES string of the molecule is O=C(CCCC1CCN(C(=O)Nc2cccc(F)c2)CC1)NO. The molecule has 0 saturated carbocycles. The molecule has 1 saturated heterocycles. The Hall–Kier alpha value is -2.15. The first-order valence-electron chi connectivity index (χ1n) is 7.83. The molecular formula is C16H22FN3O3. The van der Waals surface area contributed by atoms with Crippen LogP contribution >= 0.6 is 0 Å². The molecule has 0 aromatic heterocycles. The van der Waals surface area contributed by atoms with Gasteiger partial charge >= 0.3 is 6.03 Å². The van der Waals surface area contributed by atoms with E-state index in [0.29, 0.717) is 31.1 Å². The van der Waals surface area contributed by atoms with Crippen molar-refractivity contribution in [1.82, 2.24) is 10.4 Å². The van der Waals surface area contributed by atoms with E-state index in [1.54, 1.807) is 22.5 Å². The Morgan fingerprint density at radius 2 is 2.04 bits per heavy atom. The second-order valence-electron chi connectivity index (χ2n) is 5.80. The van der Waals surface area contributed by atoms with E-state index in [1.807, 2.05) is 0 Å². The summed E-state index contributed by atoms with van der Waals surface area (Å²) in [5, 5.41) is 11.1. The fraction of sp³-hybridized carbons (Fsp3) is 0.500. The summed E-state index contributed by atoms with van der Waals surface area (Å²) in [4.78, 5) is 24.8. The normalized spacial score (nSPS) is 15.3. The first kappa shape index (κ1) is 17.2. The fourth-order valence-electron chi connectivity index (χ4n) is 2.80. The van der Waals surface area contributed by atoms with Crippen molar-refractivity contribution in [3.8, 4) is 0 Å². The van der Waals surface area contributed by atoms with Crippen molar-refractivity contribution in [2.24, 2.45) is 5.92 Å². The van der Waals surface area contributed by atoms with E-state index >= 15 is 0 Å². The highest BCUT2D eigenvalue weighted by molar-refractivity contribution is 5.89. The van der Waals surface area contributed by atoms with Gasteiger partial charge in [0.15, 0.2) is 0 Å². The van der Waals surface area contributed by atoms with Crippen molar-refractivity contribution < 1.29 is 19.2 Å². The molecule has 1 aromatic rings. The van der Waals surface area contributed by atoms with Crippen LogP contribution in [0.1, 0.15) is 32.1 Å². The molecule has 6 nitrogen and oxygen atoms in total. The molecule has 0 aliphatic carbocycles. The molecule has 0 bridgehead atoms. The van der Waals surface area contributed by atoms with Crippen LogP contribution in [-0.4, -0.2) is 35.1 Å². The van der Waals surface area contributed by atoms with Gasteiger partial charge in [0.2, 0.25) is 5.91 Å². The standard InChI is InChI=1S/C16H22FN3O3/c17-13-4-2-5-14(11-13)18-16(22)20-9-7-12(8-10-20)3-1-6-15(21)19-23/h2,4-5,11-12,23H,1,3,6-10H2,(H,18,22)(H,19,21). The van der Waals surface area contributed by atoms with Crippen molar-refractivity contribution in [3.05, 3.63) is 30.1 Å². The van der Waals surface area contributed by atoms with E-state index in [9.17, 15) is 14.0 Å². The largest absolute Gasteiger partial charge is 0.325 e. The molecule has 2 rings (SSSR count). The number of anilines is 1. The van der Waals surface area contributed by atoms with Crippen molar-refractivity contribution in [1.29, 1.82) is 0 Å². The summed E-state index contributed by atoms with van der Waals surface area (Å²) in [7, 11) is 0. The van der Waals surface area contributed by atoms with E-state index < -0.39 is 0 Å². The van der Waals surface area contributed by atoms with Crippen molar-refractivity contribution in [2.75, 3.05) is 18.4 Å². The third-order valence-corrected chi connectivity index (χ3v) is 4.12. The second-order valence-corrected chi connectivity index (χ2v) is 5.80. The van der Waals surface area contributed by atoms with Crippen LogP contribution in [0.5, 0.6) is 0 Å². The van der Waals surface area contributed by atoms with Crippen molar-refractivity contribution in [2.45, 2.75) is 32.1 Å². The monoisotopic (exact) mass is 323 g/mol. The quantitative estimate of drug-likeness (QED) is 0.575. The highest BCUT2D eigenvalue weighted by Crippen LogP contribution is 2.23. The molecule has 1 aromatic carbocycles. The van der Waals surface area contributed by atoms with E-state index in [2.05, 4.69) is 5.32 Å². The van der Waals surface area contributed by atoms with Crippen LogP contribution in [0.4, 0.5) is 14.9 Å². The molecule has 126 valence electrons. The zero-order chi connectivity index (χ0) is 16.7. The van der Waals surface area contributed by atoms with Gasteiger partial charge in [-0.3, -0.25) is 10.0 Å². The molecule has 0 spiro atoms. The lowest BCUT2D eigenvalue weighted by molar-refractivity contribution is -0.129. The topological polar surface area (TPSA) is 81.7 Å². The highest BCUT2D eigenvalue weighted by atomic mass is 19.1. The maximum absolute atomic E-state index is 13.1. The Morgan fingerprint density at radius 1 is 1.30 bits per heavy atom. The summed E-state index contributed by atoms with van der Waals surface area (Å²) in [6.45, 7) is 1.30. The minimum absolute atomic E-state index is 0.214. The summed E-state index contributed by atoms with van der Waals surface area (Å²) in [5.74, 6) is -0.259. The number of carbonyl (C=O) groups is 2. The fourth-order valence-corrected chi connectivity index (χ4v) is 2.80. The number of rotatable bonds is 5. The maximum atomic E-state index is 13.1. The third-order valence-electron chi connectivity index (χ3n) is 4.12. The molecule has 1 heterocycles. The number of hydrogen-bond acceptors (Lipinski definition) is 3. The van der Waals surface area contributed by atoms with E-state index in [-0.39, 0.29) is 17.8 Å². The lowest BCUT2D eigenvalue weighted by Crippen LogP contribution is -2.41. The average molecular weight is 323 g/mol. The zero-order valence-electron chi connectivity index (χ0n) is 12.9. The van der Waals surface area contributed by atoms with Crippen LogP contribution < -0.4 is 10.8 Å². The van der Waals surface area contributed by atoms with Gasteiger partial charge in [0.25, 0.3) is 0 Å². The third kappa shape index (κ3) is 5.52. The number of piperidine rings is 1. The summed E-state index contributed by atoms with van der Waals surface area (Å²) >= 11 is 0. The predicted octanol–water partition coefficient (Wildman–Crippen LogP) is 2.75. The summed E-state index contributed by atoms with van der Waals surface area (Å²) in [6, 6.07) is 5.61. The smallest absolute Gasteiger partial charge is 0.321 e. The molecule has 0 radical (unpaired) electrons. The van der Waals surface area contributed by atoms with E-state index in [0.717, 1.165) is 25.7 Å².